The van der Waals surface area contributed by atoms with Crippen molar-refractivity contribution in [3.8, 4) is 34.4 Å². The minimum absolute atomic E-state index is 0.0971. The summed E-state index contributed by atoms with van der Waals surface area (Å²) < 4.78 is 32.2. The Balaban J connectivity index is 1.57. The Bertz CT molecular complexity index is 1560. The van der Waals surface area contributed by atoms with Crippen molar-refractivity contribution < 1.29 is 33.6 Å². The van der Waals surface area contributed by atoms with Gasteiger partial charge in [-0.05, 0) is 18.2 Å². The van der Waals surface area contributed by atoms with E-state index in [2.05, 4.69) is 10.3 Å². The number of para-hydroxylation sites is 1. The molecule has 0 unspecified atom stereocenters. The molecule has 0 aliphatic rings. The number of aliphatic carboxylic acids is 1. The summed E-state index contributed by atoms with van der Waals surface area (Å²) in [5.74, 6) is -0.185. The zero-order valence-corrected chi connectivity index (χ0v) is 22.2. The number of aliphatic hydroxyl groups is 1. The second kappa shape index (κ2) is 13.9. The van der Waals surface area contributed by atoms with E-state index in [4.69, 9.17) is 19.5 Å². The van der Waals surface area contributed by atoms with Crippen molar-refractivity contribution in [3.05, 3.63) is 107 Å². The molecule has 0 radical (unpaired) electrons. The number of ether oxygens (including phenoxy) is 3. The van der Waals surface area contributed by atoms with Crippen molar-refractivity contribution in [1.29, 1.82) is 5.26 Å². The van der Waals surface area contributed by atoms with E-state index < -0.39 is 18.6 Å². The van der Waals surface area contributed by atoms with Crippen LogP contribution in [-0.4, -0.2) is 40.9 Å². The van der Waals surface area contributed by atoms with Crippen LogP contribution in [0.4, 0.5) is 4.39 Å². The van der Waals surface area contributed by atoms with Gasteiger partial charge < -0.3 is 24.4 Å². The lowest BCUT2D eigenvalue weighted by Gasteiger charge is -2.18. The Kier molecular flexibility index (Phi) is 9.83. The fraction of sp³-hybridized carbons (Fsp3) is 0.194. The minimum atomic E-state index is -1.18. The van der Waals surface area contributed by atoms with Gasteiger partial charge in [-0.15, -0.1) is 0 Å². The molecule has 0 aliphatic carbocycles. The zero-order chi connectivity index (χ0) is 29.2. The van der Waals surface area contributed by atoms with Crippen LogP contribution in [0.5, 0.6) is 17.2 Å². The summed E-state index contributed by atoms with van der Waals surface area (Å²) in [6.45, 7) is -0.267. The molecular formula is C31H28FN3O6. The largest absolute Gasteiger partial charge is 0.496 e. The van der Waals surface area contributed by atoms with Gasteiger partial charge in [0.15, 0.2) is 0 Å². The van der Waals surface area contributed by atoms with Crippen LogP contribution in [0, 0.1) is 17.1 Å². The Labute approximate surface area is 236 Å². The minimum Gasteiger partial charge on any atom is -0.496 e. The maximum atomic E-state index is 14.5. The number of nitrogens with one attached hydrogen (secondary N) is 1. The molecule has 1 aromatic heterocycles. The average molecular weight is 558 g/mol. The first-order chi connectivity index (χ1) is 19.9. The Morgan fingerprint density at radius 3 is 2.56 bits per heavy atom. The molecule has 10 heteroatoms. The van der Waals surface area contributed by atoms with Crippen molar-refractivity contribution in [1.82, 2.24) is 10.3 Å². The van der Waals surface area contributed by atoms with Crippen LogP contribution in [0.1, 0.15) is 22.3 Å². The van der Waals surface area contributed by atoms with Gasteiger partial charge in [0.05, 0.1) is 19.3 Å². The van der Waals surface area contributed by atoms with Gasteiger partial charge in [-0.1, -0.05) is 42.5 Å². The number of rotatable bonds is 13. The molecule has 3 N–H and O–H groups in total. The van der Waals surface area contributed by atoms with Gasteiger partial charge >= 0.3 is 5.97 Å². The van der Waals surface area contributed by atoms with E-state index in [1.165, 1.54) is 19.4 Å². The summed E-state index contributed by atoms with van der Waals surface area (Å²) in [5.41, 5.74) is 3.40. The molecule has 41 heavy (non-hydrogen) atoms. The van der Waals surface area contributed by atoms with E-state index in [0.717, 1.165) is 0 Å². The quantitative estimate of drug-likeness (QED) is 0.218. The summed E-state index contributed by atoms with van der Waals surface area (Å²) in [5, 5.41) is 30.6. The third-order valence-corrected chi connectivity index (χ3v) is 6.24. The number of carboxylic acid groups (broad SMARTS) is 1. The number of nitrogens with zero attached hydrogens (tertiary/aromatic N) is 2. The van der Waals surface area contributed by atoms with Crippen LogP contribution in [0.15, 0.2) is 79.1 Å². The smallest absolute Gasteiger partial charge is 0.323 e. The standard InChI is InChI=1S/C31H28FN3O6/c1-39-30-23(5-4-7-26(30)25-6-2-3-8-27(25)32)19-40-24-10-9-22(16-35-28(17-36)31(37)38)29(12-24)41-18-21-11-20(13-33)14-34-15-21/h2-12,14-15,28,35-36H,16-19H2,1H3,(H,37,38)/t28-/m0/s1. The summed E-state index contributed by atoms with van der Waals surface area (Å²) in [6, 6.07) is 19.5. The molecule has 0 saturated carbocycles. The van der Waals surface area contributed by atoms with E-state index in [-0.39, 0.29) is 25.6 Å². The zero-order valence-electron chi connectivity index (χ0n) is 22.2. The van der Waals surface area contributed by atoms with Gasteiger partial charge in [0, 0.05) is 52.8 Å². The summed E-state index contributed by atoms with van der Waals surface area (Å²) in [7, 11) is 1.52. The number of hydrogen-bond acceptors (Lipinski definition) is 8. The van der Waals surface area contributed by atoms with Crippen LogP contribution in [0.3, 0.4) is 0 Å². The molecular weight excluding hydrogens is 529 g/mol. The van der Waals surface area contributed by atoms with Gasteiger partial charge in [0.25, 0.3) is 0 Å². The summed E-state index contributed by atoms with van der Waals surface area (Å²) in [6.07, 6.45) is 3.03. The highest BCUT2D eigenvalue weighted by molar-refractivity contribution is 5.73. The maximum absolute atomic E-state index is 14.5. The molecule has 0 saturated heterocycles. The molecule has 0 bridgehead atoms. The van der Waals surface area contributed by atoms with E-state index >= 15 is 0 Å². The number of halogens is 1. The average Bonchev–Trinajstić information content (AvgIpc) is 2.99. The van der Waals surface area contributed by atoms with Crippen molar-refractivity contribution in [2.75, 3.05) is 13.7 Å². The lowest BCUT2D eigenvalue weighted by atomic mass is 10.0. The topological polar surface area (TPSA) is 134 Å². The molecule has 3 aromatic carbocycles. The molecule has 0 aliphatic heterocycles. The number of pyridine rings is 1. The van der Waals surface area contributed by atoms with Crippen LogP contribution in [0.25, 0.3) is 11.1 Å². The molecule has 0 fully saturated rings. The SMILES string of the molecule is COc1c(COc2ccc(CN[C@@H](CO)C(=O)O)c(OCc3cncc(C#N)c3)c2)cccc1-c1ccccc1F. The van der Waals surface area contributed by atoms with Crippen LogP contribution in [-0.2, 0) is 24.6 Å². The molecule has 0 spiro atoms. The fourth-order valence-corrected chi connectivity index (χ4v) is 4.15. The normalized spacial score (nSPS) is 11.4. The second-order valence-corrected chi connectivity index (χ2v) is 8.97. The van der Waals surface area contributed by atoms with Crippen LogP contribution >= 0.6 is 0 Å². The highest BCUT2D eigenvalue weighted by atomic mass is 19.1. The number of aromatic nitrogens is 1. The summed E-state index contributed by atoms with van der Waals surface area (Å²) >= 11 is 0. The van der Waals surface area contributed by atoms with Crippen molar-refractivity contribution >= 4 is 5.97 Å². The van der Waals surface area contributed by atoms with E-state index in [9.17, 15) is 19.4 Å². The third-order valence-electron chi connectivity index (χ3n) is 6.24. The predicted molar refractivity (Wildman–Crippen MR) is 148 cm³/mol. The van der Waals surface area contributed by atoms with Gasteiger partial charge in [-0.2, -0.15) is 5.26 Å². The first kappa shape index (κ1) is 29.0. The number of aliphatic hydroxyl groups excluding tert-OH is 1. The van der Waals surface area contributed by atoms with Gasteiger partial charge in [0.1, 0.15) is 48.4 Å². The first-order valence-electron chi connectivity index (χ1n) is 12.6. The number of methoxy groups -OCH3 is 1. The highest BCUT2D eigenvalue weighted by Gasteiger charge is 2.18. The van der Waals surface area contributed by atoms with Crippen molar-refractivity contribution in [2.24, 2.45) is 0 Å². The van der Waals surface area contributed by atoms with Gasteiger partial charge in [-0.25, -0.2) is 4.39 Å². The summed E-state index contributed by atoms with van der Waals surface area (Å²) in [4.78, 5) is 15.4. The number of benzene rings is 3. The van der Waals surface area contributed by atoms with E-state index in [0.29, 0.717) is 50.6 Å². The van der Waals surface area contributed by atoms with E-state index in [1.807, 2.05) is 12.1 Å². The van der Waals surface area contributed by atoms with Crippen LogP contribution in [0.2, 0.25) is 0 Å². The lowest BCUT2D eigenvalue weighted by molar-refractivity contribution is -0.140. The van der Waals surface area contributed by atoms with Crippen molar-refractivity contribution in [2.45, 2.75) is 25.8 Å². The molecule has 0 amide bonds. The van der Waals surface area contributed by atoms with Crippen LogP contribution < -0.4 is 19.5 Å². The Morgan fingerprint density at radius 2 is 1.83 bits per heavy atom. The maximum Gasteiger partial charge on any atom is 0.323 e. The Morgan fingerprint density at radius 1 is 1.02 bits per heavy atom. The first-order valence-corrected chi connectivity index (χ1v) is 12.6. The number of carboxylic acids is 1. The van der Waals surface area contributed by atoms with E-state index in [1.54, 1.807) is 60.8 Å². The second-order valence-electron chi connectivity index (χ2n) is 8.97. The molecule has 4 aromatic rings. The number of hydrogen-bond donors (Lipinski definition) is 3. The molecule has 210 valence electrons. The third kappa shape index (κ3) is 7.36. The molecule has 1 heterocycles. The number of nitriles is 1. The monoisotopic (exact) mass is 557 g/mol. The van der Waals surface area contributed by atoms with Gasteiger partial charge in [0.2, 0.25) is 0 Å². The lowest BCUT2D eigenvalue weighted by Crippen LogP contribution is -2.39. The molecule has 4 rings (SSSR count). The molecule has 1 atom stereocenters. The van der Waals surface area contributed by atoms with Crippen molar-refractivity contribution in [3.63, 3.8) is 0 Å². The fourth-order valence-electron chi connectivity index (χ4n) is 4.15. The predicted octanol–water partition coefficient (Wildman–Crippen LogP) is 4.46. The number of carbonyl (C=O) groups is 1. The van der Waals surface area contributed by atoms with Gasteiger partial charge in [-0.3, -0.25) is 15.1 Å². The highest BCUT2D eigenvalue weighted by Crippen LogP contribution is 2.35. The Hall–Kier alpha value is -4.98. The molecule has 9 nitrogen and oxygen atoms in total.